The van der Waals surface area contributed by atoms with Crippen molar-refractivity contribution in [2.75, 3.05) is 0 Å². The molecule has 0 N–H and O–H groups in total. The van der Waals surface area contributed by atoms with Crippen LogP contribution in [0.3, 0.4) is 0 Å². The average molecular weight is 625 g/mol. The summed E-state index contributed by atoms with van der Waals surface area (Å²) in [5.41, 5.74) is 12.0. The van der Waals surface area contributed by atoms with Crippen LogP contribution in [0.1, 0.15) is 18.4 Å². The molecule has 9 aromatic rings. The van der Waals surface area contributed by atoms with Crippen LogP contribution in [0.4, 0.5) is 0 Å². The predicted molar refractivity (Wildman–Crippen MR) is 207 cm³/mol. The van der Waals surface area contributed by atoms with E-state index in [9.17, 15) is 0 Å². The molecule has 230 valence electrons. The second-order valence-electron chi connectivity index (χ2n) is 13.1. The number of rotatable bonds is 4. The second kappa shape index (κ2) is 11.2. The van der Waals surface area contributed by atoms with Crippen molar-refractivity contribution in [2.24, 2.45) is 0 Å². The van der Waals surface area contributed by atoms with Crippen LogP contribution in [0.15, 0.2) is 168 Å². The van der Waals surface area contributed by atoms with Gasteiger partial charge in [0.05, 0.1) is 0 Å². The van der Waals surface area contributed by atoms with Crippen LogP contribution in [-0.2, 0) is 0 Å². The molecule has 1 heteroatoms. The van der Waals surface area contributed by atoms with Crippen LogP contribution in [0, 0.1) is 0 Å². The summed E-state index contributed by atoms with van der Waals surface area (Å²) < 4.78 is 6.65. The van der Waals surface area contributed by atoms with E-state index in [1.807, 2.05) is 0 Å². The fourth-order valence-electron chi connectivity index (χ4n) is 8.19. The van der Waals surface area contributed by atoms with Crippen molar-refractivity contribution in [3.63, 3.8) is 0 Å². The Kier molecular flexibility index (Phi) is 6.38. The Hall–Kier alpha value is -6.18. The second-order valence-corrected chi connectivity index (χ2v) is 13.1. The Labute approximate surface area is 284 Å². The summed E-state index contributed by atoms with van der Waals surface area (Å²) in [6.07, 6.45) is 4.29. The highest BCUT2D eigenvalue weighted by Crippen LogP contribution is 2.45. The van der Waals surface area contributed by atoms with Crippen molar-refractivity contribution in [2.45, 2.75) is 12.8 Å². The summed E-state index contributed by atoms with van der Waals surface area (Å²) in [5.74, 6) is 0. The first-order valence-electron chi connectivity index (χ1n) is 17.2. The van der Waals surface area contributed by atoms with Gasteiger partial charge in [-0.2, -0.15) is 0 Å². The van der Waals surface area contributed by atoms with Crippen molar-refractivity contribution in [1.29, 1.82) is 0 Å². The molecule has 0 unspecified atom stereocenters. The molecule has 0 bridgehead atoms. The van der Waals surface area contributed by atoms with Crippen molar-refractivity contribution in [1.82, 2.24) is 0 Å². The number of furan rings is 1. The van der Waals surface area contributed by atoms with Crippen LogP contribution < -0.4 is 10.6 Å². The highest BCUT2D eigenvalue weighted by atomic mass is 16.3. The Morgan fingerprint density at radius 3 is 1.53 bits per heavy atom. The van der Waals surface area contributed by atoms with Gasteiger partial charge in [-0.25, -0.2) is 0 Å². The maximum atomic E-state index is 6.65. The third-order valence-corrected chi connectivity index (χ3v) is 10.4. The average Bonchev–Trinajstić information content (AvgIpc) is 3.56. The molecular weight excluding hydrogens is 593 g/mol. The Balaban J connectivity index is 1.23. The highest BCUT2D eigenvalue weighted by molar-refractivity contribution is 6.22. The molecular formula is C48H32O. The van der Waals surface area contributed by atoms with E-state index >= 15 is 0 Å². The van der Waals surface area contributed by atoms with E-state index in [-0.39, 0.29) is 0 Å². The summed E-state index contributed by atoms with van der Waals surface area (Å²) in [6, 6.07) is 59.5. The van der Waals surface area contributed by atoms with Crippen molar-refractivity contribution < 1.29 is 4.42 Å². The summed E-state index contributed by atoms with van der Waals surface area (Å²) in [6.45, 7) is 0. The maximum absolute atomic E-state index is 6.65. The molecule has 0 spiro atoms. The van der Waals surface area contributed by atoms with Gasteiger partial charge < -0.3 is 4.42 Å². The molecule has 0 aliphatic heterocycles. The summed E-state index contributed by atoms with van der Waals surface area (Å²) >= 11 is 0. The van der Waals surface area contributed by atoms with E-state index in [1.165, 1.54) is 87.4 Å². The number of fused-ring (bicyclic) bond motifs is 6. The fraction of sp³-hybridized carbons (Fsp3) is 0.0417. The molecule has 1 aliphatic carbocycles. The van der Waals surface area contributed by atoms with Gasteiger partial charge in [-0.05, 0) is 90.2 Å². The zero-order valence-corrected chi connectivity index (χ0v) is 27.0. The number of hydrogen-bond acceptors (Lipinski definition) is 1. The largest absolute Gasteiger partial charge is 0.456 e. The van der Waals surface area contributed by atoms with Crippen LogP contribution in [0.5, 0.6) is 0 Å². The van der Waals surface area contributed by atoms with Crippen LogP contribution in [-0.4, -0.2) is 0 Å². The molecule has 10 rings (SSSR count). The molecule has 0 amide bonds. The first-order chi connectivity index (χ1) is 24.3. The first-order valence-corrected chi connectivity index (χ1v) is 17.2. The highest BCUT2D eigenvalue weighted by Gasteiger charge is 2.22. The minimum Gasteiger partial charge on any atom is -0.456 e. The monoisotopic (exact) mass is 624 g/mol. The normalized spacial score (nSPS) is 12.9. The van der Waals surface area contributed by atoms with Gasteiger partial charge >= 0.3 is 0 Å². The number of benzene rings is 8. The summed E-state index contributed by atoms with van der Waals surface area (Å²) in [4.78, 5) is 0. The van der Waals surface area contributed by atoms with E-state index < -0.39 is 0 Å². The fourth-order valence-corrected chi connectivity index (χ4v) is 8.19. The van der Waals surface area contributed by atoms with Crippen LogP contribution >= 0.6 is 0 Å². The van der Waals surface area contributed by atoms with Gasteiger partial charge in [0.2, 0.25) is 0 Å². The zero-order valence-electron chi connectivity index (χ0n) is 27.0. The van der Waals surface area contributed by atoms with E-state index in [1.54, 1.807) is 0 Å². The molecule has 0 fully saturated rings. The Morgan fingerprint density at radius 1 is 0.367 bits per heavy atom. The topological polar surface area (TPSA) is 13.1 Å². The third kappa shape index (κ3) is 4.40. The molecule has 1 nitrogen and oxygen atoms in total. The maximum Gasteiger partial charge on any atom is 0.138 e. The third-order valence-electron chi connectivity index (χ3n) is 10.4. The van der Waals surface area contributed by atoms with E-state index in [0.717, 1.165) is 23.8 Å². The summed E-state index contributed by atoms with van der Waals surface area (Å²) in [5, 5.41) is 10.0. The minimum atomic E-state index is 0.945. The predicted octanol–water partition coefficient (Wildman–Crippen LogP) is 11.7. The standard InChI is InChI=1S/C48H32O/c1-2-13-31(14-3-1)32-25-27-33(28-26-32)34-29-30-42(36-16-5-4-15-35(34)36)46-38-18-6-8-20-40(38)47(41-21-9-7-19-39(41)46)44-23-12-22-43-37-17-10-11-24-45(37)49-48(43)44/h1-11,13-22,24-30H,12,23H2. The van der Waals surface area contributed by atoms with Gasteiger partial charge in [-0.15, -0.1) is 0 Å². The van der Waals surface area contributed by atoms with Gasteiger partial charge in [-0.3, -0.25) is 0 Å². The lowest BCUT2D eigenvalue weighted by Crippen LogP contribution is -2.26. The molecule has 1 heterocycles. The van der Waals surface area contributed by atoms with Crippen LogP contribution in [0.2, 0.25) is 0 Å². The number of hydrogen-bond donors (Lipinski definition) is 0. The molecule has 0 saturated heterocycles. The van der Waals surface area contributed by atoms with Crippen molar-refractivity contribution in [3.8, 4) is 33.4 Å². The molecule has 1 aliphatic rings. The van der Waals surface area contributed by atoms with Gasteiger partial charge in [0, 0.05) is 16.2 Å². The van der Waals surface area contributed by atoms with E-state index in [0.29, 0.717) is 0 Å². The molecule has 49 heavy (non-hydrogen) atoms. The zero-order chi connectivity index (χ0) is 32.3. The molecule has 0 radical (unpaired) electrons. The molecule has 8 aromatic carbocycles. The molecule has 0 atom stereocenters. The lowest BCUT2D eigenvalue weighted by atomic mass is 9.82. The molecule has 1 aromatic heterocycles. The van der Waals surface area contributed by atoms with Crippen molar-refractivity contribution in [3.05, 3.63) is 180 Å². The Morgan fingerprint density at radius 2 is 0.857 bits per heavy atom. The SMILES string of the molecule is C1=c2c(oc3ccccc23)=C(c2c3ccccc3c(-c3ccc(-c4ccc(-c5ccccc5)cc4)c4ccccc34)c3ccccc23)CC1. The van der Waals surface area contributed by atoms with Crippen LogP contribution in [0.25, 0.3) is 88.3 Å². The lowest BCUT2D eigenvalue weighted by molar-refractivity contribution is 0.568. The van der Waals surface area contributed by atoms with Gasteiger partial charge in [0.25, 0.3) is 0 Å². The summed E-state index contributed by atoms with van der Waals surface area (Å²) in [7, 11) is 0. The molecule has 0 saturated carbocycles. The number of para-hydroxylation sites is 1. The van der Waals surface area contributed by atoms with Gasteiger partial charge in [-0.1, -0.05) is 164 Å². The van der Waals surface area contributed by atoms with Gasteiger partial charge in [0.15, 0.2) is 0 Å². The quantitative estimate of drug-likeness (QED) is 0.178. The van der Waals surface area contributed by atoms with Crippen molar-refractivity contribution >= 4 is 54.9 Å². The minimum absolute atomic E-state index is 0.945. The lowest BCUT2D eigenvalue weighted by Gasteiger charge is -2.21. The smallest absolute Gasteiger partial charge is 0.138 e. The van der Waals surface area contributed by atoms with E-state index in [4.69, 9.17) is 4.42 Å². The van der Waals surface area contributed by atoms with E-state index in [2.05, 4.69) is 170 Å². The Bertz CT molecular complexity index is 2800. The first kappa shape index (κ1) is 27.9. The van der Waals surface area contributed by atoms with Gasteiger partial charge in [0.1, 0.15) is 11.0 Å².